The van der Waals surface area contributed by atoms with E-state index < -0.39 is 54.6 Å². The van der Waals surface area contributed by atoms with E-state index in [2.05, 4.69) is 15.0 Å². The predicted octanol–water partition coefficient (Wildman–Crippen LogP) is 4.64. The van der Waals surface area contributed by atoms with Crippen LogP contribution in [0, 0.1) is 0 Å². The third kappa shape index (κ3) is 6.91. The monoisotopic (exact) mass is 683 g/mol. The summed E-state index contributed by atoms with van der Waals surface area (Å²) >= 11 is 0. The third-order valence-corrected chi connectivity index (χ3v) is 8.13. The lowest BCUT2D eigenvalue weighted by molar-refractivity contribution is -0.0618. The first kappa shape index (κ1) is 32.8. The number of nitrogen functional groups attached to an aromatic ring is 1. The molecule has 1 aliphatic heterocycles. The maximum absolute atomic E-state index is 13.8. The van der Waals surface area contributed by atoms with E-state index in [1.54, 1.807) is 115 Å². The first-order valence-corrected chi connectivity index (χ1v) is 15.9. The molecule has 1 fully saturated rings. The van der Waals surface area contributed by atoms with Crippen LogP contribution in [-0.2, 0) is 18.9 Å². The van der Waals surface area contributed by atoms with Crippen LogP contribution in [0.1, 0.15) is 37.3 Å². The lowest BCUT2D eigenvalue weighted by Gasteiger charge is -2.25. The maximum atomic E-state index is 13.8. The van der Waals surface area contributed by atoms with Gasteiger partial charge in [-0.1, -0.05) is 84.9 Å². The number of nitrogens with zero attached hydrogens (tertiary/aromatic N) is 4. The van der Waals surface area contributed by atoms with Gasteiger partial charge in [-0.2, -0.15) is 0 Å². The number of carbonyl (C=O) groups excluding carboxylic acids is 3. The van der Waals surface area contributed by atoms with Gasteiger partial charge in [-0.3, -0.25) is 9.36 Å². The van der Waals surface area contributed by atoms with E-state index >= 15 is 0 Å². The van der Waals surface area contributed by atoms with Gasteiger partial charge in [-0.05, 0) is 36.4 Å². The minimum absolute atomic E-state index is 0.0242. The van der Waals surface area contributed by atoms with Gasteiger partial charge in [0.25, 0.3) is 5.56 Å². The van der Waals surface area contributed by atoms with Crippen molar-refractivity contribution in [2.45, 2.75) is 24.5 Å². The predicted molar refractivity (Wildman–Crippen MR) is 183 cm³/mol. The lowest BCUT2D eigenvalue weighted by atomic mass is 10.1. The molecular weight excluding hydrogens is 654 g/mol. The minimum atomic E-state index is -1.47. The van der Waals surface area contributed by atoms with Crippen molar-refractivity contribution in [1.29, 1.82) is 0 Å². The van der Waals surface area contributed by atoms with Crippen molar-refractivity contribution in [3.05, 3.63) is 155 Å². The van der Waals surface area contributed by atoms with Crippen LogP contribution in [-0.4, -0.2) is 62.3 Å². The number of benzene rings is 4. The van der Waals surface area contributed by atoms with E-state index in [0.29, 0.717) is 5.56 Å². The molecule has 0 saturated carbocycles. The van der Waals surface area contributed by atoms with Crippen LogP contribution in [0.5, 0.6) is 0 Å². The van der Waals surface area contributed by atoms with Crippen LogP contribution in [0.15, 0.2) is 132 Å². The molecule has 254 valence electrons. The molecule has 0 unspecified atom stereocenters. The summed E-state index contributed by atoms with van der Waals surface area (Å²) in [6.07, 6.45) is -4.54. The van der Waals surface area contributed by atoms with E-state index in [0.717, 1.165) is 10.8 Å². The number of carbonyl (C=O) groups is 3. The highest BCUT2D eigenvalue weighted by Crippen LogP contribution is 2.36. The van der Waals surface area contributed by atoms with Crippen LogP contribution < -0.4 is 11.3 Å². The van der Waals surface area contributed by atoms with Crippen LogP contribution in [0.2, 0.25) is 0 Å². The van der Waals surface area contributed by atoms with Gasteiger partial charge in [0.15, 0.2) is 35.7 Å². The second kappa shape index (κ2) is 14.4. The van der Waals surface area contributed by atoms with Gasteiger partial charge in [0.2, 0.25) is 0 Å². The molecule has 3 heterocycles. The SMILES string of the molecule is Nc1nc(-c2ccccc2)nc2c1ncc(=O)n2[C@@H]1O[C@H](COC(=O)c2ccccc2)[C@@H](OC(=O)c2ccccc2)[C@H]1OC(=O)c1ccccc1. The lowest BCUT2D eigenvalue weighted by Crippen LogP contribution is -2.42. The summed E-state index contributed by atoms with van der Waals surface area (Å²) in [5.74, 6) is -2.06. The fourth-order valence-electron chi connectivity index (χ4n) is 5.67. The second-order valence-electron chi connectivity index (χ2n) is 11.4. The van der Waals surface area contributed by atoms with Gasteiger partial charge in [0, 0.05) is 5.56 Å². The Morgan fingerprint density at radius 1 is 0.686 bits per heavy atom. The molecule has 0 radical (unpaired) electrons. The number of aromatic nitrogens is 4. The van der Waals surface area contributed by atoms with Crippen LogP contribution in [0.4, 0.5) is 5.82 Å². The standard InChI is InChI=1S/C38H29N5O8/c39-32-29-34(42-33(41-32)23-13-5-1-6-14-23)43(28(44)21-40-29)35-31(51-38(47)26-19-11-4-12-20-26)30(50-37(46)25-17-9-3-10-18-25)27(49-35)22-48-36(45)24-15-7-2-8-16-24/h1-21,27,30-31,35H,22H2,(H2,39,41,42)/t27-,30-,31-,35-/m1/s1. The van der Waals surface area contributed by atoms with Crippen molar-refractivity contribution < 1.29 is 33.3 Å². The van der Waals surface area contributed by atoms with Crippen molar-refractivity contribution in [1.82, 2.24) is 19.5 Å². The van der Waals surface area contributed by atoms with E-state index in [9.17, 15) is 19.2 Å². The van der Waals surface area contributed by atoms with E-state index in [-0.39, 0.29) is 39.5 Å². The smallest absolute Gasteiger partial charge is 0.338 e. The molecule has 2 N–H and O–H groups in total. The largest absolute Gasteiger partial charge is 0.459 e. The summed E-state index contributed by atoms with van der Waals surface area (Å²) in [5.41, 5.74) is 6.96. The number of rotatable bonds is 9. The number of ether oxygens (including phenoxy) is 4. The molecule has 13 heteroatoms. The fourth-order valence-corrected chi connectivity index (χ4v) is 5.67. The summed E-state index contributed by atoms with van der Waals surface area (Å²) in [6, 6.07) is 33.5. The Morgan fingerprint density at radius 3 is 1.76 bits per heavy atom. The summed E-state index contributed by atoms with van der Waals surface area (Å²) in [6.45, 7) is -0.444. The zero-order valence-corrected chi connectivity index (χ0v) is 26.8. The van der Waals surface area contributed by atoms with Gasteiger partial charge in [0.05, 0.1) is 22.9 Å². The molecule has 7 rings (SSSR count). The highest BCUT2D eigenvalue weighted by atomic mass is 16.7. The van der Waals surface area contributed by atoms with Crippen molar-refractivity contribution in [3.63, 3.8) is 0 Å². The van der Waals surface area contributed by atoms with Crippen molar-refractivity contribution >= 4 is 34.9 Å². The van der Waals surface area contributed by atoms with Crippen LogP contribution in [0.3, 0.4) is 0 Å². The first-order chi connectivity index (χ1) is 24.9. The quantitative estimate of drug-likeness (QED) is 0.165. The van der Waals surface area contributed by atoms with Gasteiger partial charge in [-0.25, -0.2) is 29.3 Å². The molecule has 51 heavy (non-hydrogen) atoms. The molecule has 4 aromatic carbocycles. The van der Waals surface area contributed by atoms with Crippen LogP contribution >= 0.6 is 0 Å². The van der Waals surface area contributed by atoms with Crippen molar-refractivity contribution in [3.8, 4) is 11.4 Å². The fraction of sp³-hybridized carbons (Fsp3) is 0.132. The topological polar surface area (TPSA) is 175 Å². The minimum Gasteiger partial charge on any atom is -0.459 e. The molecule has 1 aliphatic rings. The van der Waals surface area contributed by atoms with Crippen molar-refractivity contribution in [2.24, 2.45) is 0 Å². The highest BCUT2D eigenvalue weighted by molar-refractivity contribution is 5.91. The molecule has 2 aromatic heterocycles. The molecular formula is C38H29N5O8. The zero-order chi connectivity index (χ0) is 35.3. The average molecular weight is 684 g/mol. The number of hydrogen-bond acceptors (Lipinski definition) is 12. The summed E-state index contributed by atoms with van der Waals surface area (Å²) < 4.78 is 25.2. The molecule has 0 amide bonds. The Labute approximate surface area is 290 Å². The Bertz CT molecular complexity index is 2250. The molecule has 1 saturated heterocycles. The number of nitrogens with two attached hydrogens (primary N) is 1. The number of esters is 3. The Balaban J connectivity index is 1.35. The molecule has 13 nitrogen and oxygen atoms in total. The van der Waals surface area contributed by atoms with Gasteiger partial charge >= 0.3 is 17.9 Å². The highest BCUT2D eigenvalue weighted by Gasteiger charge is 2.52. The summed E-state index contributed by atoms with van der Waals surface area (Å²) in [5, 5.41) is 0. The number of anilines is 1. The Kier molecular flexibility index (Phi) is 9.26. The van der Waals surface area contributed by atoms with Gasteiger partial charge in [0.1, 0.15) is 18.2 Å². The normalized spacial score (nSPS) is 18.2. The van der Waals surface area contributed by atoms with Crippen LogP contribution in [0.25, 0.3) is 22.6 Å². The number of hydrogen-bond donors (Lipinski definition) is 1. The Morgan fingerprint density at radius 2 is 1.20 bits per heavy atom. The average Bonchev–Trinajstić information content (AvgIpc) is 3.50. The molecule has 0 aliphatic carbocycles. The second-order valence-corrected chi connectivity index (χ2v) is 11.4. The van der Waals surface area contributed by atoms with Crippen molar-refractivity contribution in [2.75, 3.05) is 12.3 Å². The molecule has 6 aromatic rings. The van der Waals surface area contributed by atoms with E-state index in [4.69, 9.17) is 24.7 Å². The third-order valence-electron chi connectivity index (χ3n) is 8.13. The van der Waals surface area contributed by atoms with Gasteiger partial charge < -0.3 is 24.7 Å². The summed E-state index contributed by atoms with van der Waals surface area (Å²) in [7, 11) is 0. The first-order valence-electron chi connectivity index (χ1n) is 15.9. The van der Waals surface area contributed by atoms with E-state index in [1.165, 1.54) is 0 Å². The molecule has 0 spiro atoms. The molecule has 4 atom stereocenters. The zero-order valence-electron chi connectivity index (χ0n) is 26.8. The summed E-state index contributed by atoms with van der Waals surface area (Å²) in [4.78, 5) is 67.2. The Hall–Kier alpha value is -6.73. The maximum Gasteiger partial charge on any atom is 0.338 e. The molecule has 0 bridgehead atoms. The van der Waals surface area contributed by atoms with E-state index in [1.807, 2.05) is 6.07 Å². The van der Waals surface area contributed by atoms with Gasteiger partial charge in [-0.15, -0.1) is 0 Å². The number of fused-ring (bicyclic) bond motifs is 1.